The predicted molar refractivity (Wildman–Crippen MR) is 92.3 cm³/mol. The number of ether oxygens (including phenoxy) is 1. The lowest BCUT2D eigenvalue weighted by Crippen LogP contribution is -2.51. The second-order valence-corrected chi connectivity index (χ2v) is 6.67. The van der Waals surface area contributed by atoms with Crippen LogP contribution < -0.4 is 5.32 Å². The number of nitrogens with one attached hydrogen (secondary N) is 1. The lowest BCUT2D eigenvalue weighted by atomic mass is 10.0. The summed E-state index contributed by atoms with van der Waals surface area (Å²) in [6.07, 6.45) is 0. The molecule has 0 unspecified atom stereocenters. The molecule has 4 nitrogen and oxygen atoms in total. The fourth-order valence-corrected chi connectivity index (χ4v) is 2.93. The number of nitrogens with zero attached hydrogens (tertiary/aromatic N) is 1. The number of halogens is 1. The lowest BCUT2D eigenvalue weighted by molar-refractivity contribution is -0.116. The third kappa shape index (κ3) is 5.24. The molecular formula is C18H23ClN2O2. The zero-order valence-electron chi connectivity index (χ0n) is 13.9. The van der Waals surface area contributed by atoms with E-state index in [1.54, 1.807) is 6.92 Å². The maximum absolute atomic E-state index is 11.7. The molecule has 1 aromatic rings. The van der Waals surface area contributed by atoms with Crippen molar-refractivity contribution in [1.29, 1.82) is 0 Å². The van der Waals surface area contributed by atoms with Gasteiger partial charge in [0.15, 0.2) is 0 Å². The van der Waals surface area contributed by atoms with Crippen LogP contribution in [0.25, 0.3) is 0 Å². The van der Waals surface area contributed by atoms with E-state index >= 15 is 0 Å². The van der Waals surface area contributed by atoms with Crippen LogP contribution in [0.1, 0.15) is 32.4 Å². The van der Waals surface area contributed by atoms with E-state index in [4.69, 9.17) is 16.3 Å². The van der Waals surface area contributed by atoms with Crippen molar-refractivity contribution in [2.24, 2.45) is 0 Å². The van der Waals surface area contributed by atoms with Gasteiger partial charge in [-0.3, -0.25) is 9.69 Å². The zero-order valence-corrected chi connectivity index (χ0v) is 14.6. The Kier molecular flexibility index (Phi) is 6.06. The maximum atomic E-state index is 11.7. The molecule has 0 bridgehead atoms. The quantitative estimate of drug-likeness (QED) is 0.861. The molecule has 1 N–H and O–H groups in total. The maximum Gasteiger partial charge on any atom is 0.295 e. The molecule has 0 aromatic heterocycles. The van der Waals surface area contributed by atoms with Gasteiger partial charge in [0.25, 0.3) is 5.91 Å². The Labute approximate surface area is 143 Å². The molecule has 23 heavy (non-hydrogen) atoms. The number of hydrogen-bond acceptors (Lipinski definition) is 3. The first kappa shape index (κ1) is 17.8. The topological polar surface area (TPSA) is 41.6 Å². The second-order valence-electron chi connectivity index (χ2n) is 6.23. The highest BCUT2D eigenvalue weighted by Crippen LogP contribution is 2.27. The Morgan fingerprint density at radius 3 is 2.74 bits per heavy atom. The van der Waals surface area contributed by atoms with Crippen molar-refractivity contribution in [3.05, 3.63) is 34.9 Å². The Morgan fingerprint density at radius 1 is 1.43 bits per heavy atom. The van der Waals surface area contributed by atoms with Crippen LogP contribution in [0, 0.1) is 11.8 Å². The molecule has 1 aliphatic rings. The highest BCUT2D eigenvalue weighted by atomic mass is 35.5. The molecule has 0 aliphatic carbocycles. The zero-order chi connectivity index (χ0) is 16.9. The van der Waals surface area contributed by atoms with Crippen LogP contribution in [0.2, 0.25) is 5.02 Å². The van der Waals surface area contributed by atoms with Gasteiger partial charge < -0.3 is 10.1 Å². The van der Waals surface area contributed by atoms with Crippen molar-refractivity contribution in [2.45, 2.75) is 32.4 Å². The van der Waals surface area contributed by atoms with Crippen LogP contribution in [-0.2, 0) is 9.53 Å². The van der Waals surface area contributed by atoms with Crippen LogP contribution in [-0.4, -0.2) is 42.6 Å². The molecule has 5 heteroatoms. The summed E-state index contributed by atoms with van der Waals surface area (Å²) in [6.45, 7) is 8.63. The minimum atomic E-state index is -0.251. The van der Waals surface area contributed by atoms with Gasteiger partial charge in [0.1, 0.15) is 0 Å². The third-order valence-electron chi connectivity index (χ3n) is 3.85. The highest BCUT2D eigenvalue weighted by Gasteiger charge is 2.32. The fraction of sp³-hybridized carbons (Fsp3) is 0.500. The van der Waals surface area contributed by atoms with Crippen molar-refractivity contribution < 1.29 is 9.53 Å². The van der Waals surface area contributed by atoms with Crippen molar-refractivity contribution >= 4 is 17.5 Å². The Bertz CT molecular complexity index is 602. The molecule has 2 rings (SSSR count). The number of amides is 1. The lowest BCUT2D eigenvalue weighted by Gasteiger charge is -2.42. The number of benzene rings is 1. The van der Waals surface area contributed by atoms with Crippen LogP contribution in [0.15, 0.2) is 24.3 Å². The van der Waals surface area contributed by atoms with Crippen LogP contribution in [0.5, 0.6) is 0 Å². The second kappa shape index (κ2) is 7.83. The van der Waals surface area contributed by atoms with E-state index in [9.17, 15) is 4.79 Å². The van der Waals surface area contributed by atoms with Gasteiger partial charge in [0, 0.05) is 24.7 Å². The van der Waals surface area contributed by atoms with Gasteiger partial charge >= 0.3 is 0 Å². The molecule has 124 valence electrons. The van der Waals surface area contributed by atoms with E-state index in [2.05, 4.69) is 35.9 Å². The smallest absolute Gasteiger partial charge is 0.295 e. The van der Waals surface area contributed by atoms with Crippen molar-refractivity contribution in [1.82, 2.24) is 10.2 Å². The molecule has 1 aromatic carbocycles. The average Bonchev–Trinajstić information content (AvgIpc) is 2.48. The SMILES string of the molecule is CC#CC(=O)NC[C@H](c1ccc(Cl)cc1)N1CCOC(C)(C)C1. The summed E-state index contributed by atoms with van der Waals surface area (Å²) >= 11 is 5.99. The van der Waals surface area contributed by atoms with Gasteiger partial charge in [-0.2, -0.15) is 0 Å². The molecular weight excluding hydrogens is 312 g/mol. The van der Waals surface area contributed by atoms with Crippen molar-refractivity contribution in [3.63, 3.8) is 0 Å². The van der Waals surface area contributed by atoms with E-state index in [0.717, 1.165) is 18.7 Å². The first-order valence-electron chi connectivity index (χ1n) is 7.75. The van der Waals surface area contributed by atoms with Crippen LogP contribution >= 0.6 is 11.6 Å². The molecule has 1 fully saturated rings. The third-order valence-corrected chi connectivity index (χ3v) is 4.10. The highest BCUT2D eigenvalue weighted by molar-refractivity contribution is 6.30. The largest absolute Gasteiger partial charge is 0.373 e. The van der Waals surface area contributed by atoms with Gasteiger partial charge in [-0.25, -0.2) is 0 Å². The van der Waals surface area contributed by atoms with Crippen LogP contribution in [0.4, 0.5) is 0 Å². The van der Waals surface area contributed by atoms with Gasteiger partial charge in [0.05, 0.1) is 18.2 Å². The molecule has 0 saturated carbocycles. The summed E-state index contributed by atoms with van der Waals surface area (Å²) in [5, 5.41) is 3.60. The fourth-order valence-electron chi connectivity index (χ4n) is 2.81. The summed E-state index contributed by atoms with van der Waals surface area (Å²) in [7, 11) is 0. The number of morpholine rings is 1. The Balaban J connectivity index is 2.17. The standard InChI is InChI=1S/C18H23ClN2O2/c1-4-5-17(22)20-12-16(14-6-8-15(19)9-7-14)21-10-11-23-18(2,3)13-21/h6-9,16H,10-13H2,1-3H3,(H,20,22)/t16-/m1/s1. The van der Waals surface area contributed by atoms with E-state index < -0.39 is 0 Å². The molecule has 1 amide bonds. The molecule has 1 heterocycles. The monoisotopic (exact) mass is 334 g/mol. The molecule has 1 atom stereocenters. The molecule has 1 aliphatic heterocycles. The summed E-state index contributed by atoms with van der Waals surface area (Å²) in [5.41, 5.74) is 0.924. The minimum Gasteiger partial charge on any atom is -0.373 e. The molecule has 1 saturated heterocycles. The van der Waals surface area contributed by atoms with Crippen molar-refractivity contribution in [3.8, 4) is 11.8 Å². The Morgan fingerprint density at radius 2 is 2.13 bits per heavy atom. The summed E-state index contributed by atoms with van der Waals surface area (Å²) in [4.78, 5) is 14.0. The number of carbonyl (C=O) groups is 1. The van der Waals surface area contributed by atoms with Crippen LogP contribution in [0.3, 0.4) is 0 Å². The first-order valence-corrected chi connectivity index (χ1v) is 8.13. The summed E-state index contributed by atoms with van der Waals surface area (Å²) in [5.74, 6) is 4.88. The van der Waals surface area contributed by atoms with Gasteiger partial charge in [-0.15, -0.1) is 0 Å². The van der Waals surface area contributed by atoms with E-state index in [0.29, 0.717) is 18.2 Å². The number of rotatable bonds is 4. The summed E-state index contributed by atoms with van der Waals surface area (Å²) < 4.78 is 5.79. The Hall–Kier alpha value is -1.54. The van der Waals surface area contributed by atoms with Gasteiger partial charge in [-0.1, -0.05) is 29.7 Å². The van der Waals surface area contributed by atoms with E-state index in [-0.39, 0.29) is 17.6 Å². The molecule has 0 radical (unpaired) electrons. The minimum absolute atomic E-state index is 0.0676. The normalized spacial score (nSPS) is 18.6. The average molecular weight is 335 g/mol. The van der Waals surface area contributed by atoms with Crippen molar-refractivity contribution in [2.75, 3.05) is 26.2 Å². The number of carbonyl (C=O) groups excluding carboxylic acids is 1. The number of hydrogen-bond donors (Lipinski definition) is 1. The molecule has 0 spiro atoms. The summed E-state index contributed by atoms with van der Waals surface area (Å²) in [6, 6.07) is 7.84. The predicted octanol–water partition coefficient (Wildman–Crippen LogP) is 2.63. The van der Waals surface area contributed by atoms with Gasteiger partial charge in [0.2, 0.25) is 0 Å². The first-order chi connectivity index (χ1) is 10.9. The van der Waals surface area contributed by atoms with E-state index in [1.807, 2.05) is 24.3 Å². The van der Waals surface area contributed by atoms with E-state index in [1.165, 1.54) is 0 Å². The van der Waals surface area contributed by atoms with Gasteiger partial charge in [-0.05, 0) is 44.4 Å².